The van der Waals surface area contributed by atoms with Gasteiger partial charge in [0, 0.05) is 18.1 Å². The van der Waals surface area contributed by atoms with Gasteiger partial charge in [0.2, 0.25) is 10.0 Å². The van der Waals surface area contributed by atoms with Gasteiger partial charge >= 0.3 is 0 Å². The van der Waals surface area contributed by atoms with Crippen LogP contribution < -0.4 is 4.72 Å². The van der Waals surface area contributed by atoms with Crippen molar-refractivity contribution in [2.45, 2.75) is 23.6 Å². The Balaban J connectivity index is 2.33. The van der Waals surface area contributed by atoms with Crippen molar-refractivity contribution in [2.24, 2.45) is 0 Å². The molecule has 0 aromatic heterocycles. The molecule has 0 radical (unpaired) electrons. The summed E-state index contributed by atoms with van der Waals surface area (Å²) >= 11 is 11.8. The Morgan fingerprint density at radius 3 is 1.96 bits per heavy atom. The van der Waals surface area contributed by atoms with Gasteiger partial charge in [0.05, 0.1) is 20.5 Å². The lowest BCUT2D eigenvalue weighted by molar-refractivity contribution is 0.445. The Labute approximate surface area is 163 Å². The van der Waals surface area contributed by atoms with Crippen molar-refractivity contribution in [3.8, 4) is 0 Å². The van der Waals surface area contributed by atoms with E-state index in [9.17, 15) is 16.8 Å². The summed E-state index contributed by atoms with van der Waals surface area (Å²) in [6.45, 7) is 4.12. The molecule has 0 spiro atoms. The van der Waals surface area contributed by atoms with Crippen molar-refractivity contribution in [3.05, 3.63) is 52.5 Å². The lowest BCUT2D eigenvalue weighted by Crippen LogP contribution is -2.30. The number of rotatable bonds is 7. The Morgan fingerprint density at radius 1 is 0.885 bits per heavy atom. The van der Waals surface area contributed by atoms with Crippen molar-refractivity contribution in [1.29, 1.82) is 0 Å². The van der Waals surface area contributed by atoms with Gasteiger partial charge < -0.3 is 0 Å². The normalized spacial score (nSPS) is 12.3. The first-order chi connectivity index (χ1) is 12.1. The second-order valence-corrected chi connectivity index (χ2v) is 9.75. The van der Waals surface area contributed by atoms with Crippen molar-refractivity contribution in [1.82, 2.24) is 4.31 Å². The van der Waals surface area contributed by atoms with E-state index in [-0.39, 0.29) is 20.5 Å². The maximum Gasteiger partial charge on any atom is 0.261 e. The summed E-state index contributed by atoms with van der Waals surface area (Å²) in [6.07, 6.45) is 0. The van der Waals surface area contributed by atoms with Gasteiger partial charge in [-0.25, -0.2) is 16.8 Å². The van der Waals surface area contributed by atoms with E-state index >= 15 is 0 Å². The molecule has 0 aliphatic rings. The number of nitrogens with zero attached hydrogens (tertiary/aromatic N) is 1. The molecule has 2 aromatic carbocycles. The first kappa shape index (κ1) is 21.0. The zero-order valence-electron chi connectivity index (χ0n) is 14.1. The number of hydrogen-bond donors (Lipinski definition) is 1. The van der Waals surface area contributed by atoms with Gasteiger partial charge in [-0.05, 0) is 42.5 Å². The molecular weight excluding hydrogens is 419 g/mol. The largest absolute Gasteiger partial charge is 0.278 e. The summed E-state index contributed by atoms with van der Waals surface area (Å²) in [5, 5.41) is 0.520. The monoisotopic (exact) mass is 436 g/mol. The summed E-state index contributed by atoms with van der Waals surface area (Å²) in [6, 6.07) is 9.40. The smallest absolute Gasteiger partial charge is 0.261 e. The Bertz CT molecular complexity index is 987. The molecule has 0 saturated carbocycles. The van der Waals surface area contributed by atoms with Gasteiger partial charge in [-0.1, -0.05) is 37.0 Å². The third-order valence-corrected chi connectivity index (χ3v) is 7.66. The lowest BCUT2D eigenvalue weighted by atomic mass is 10.3. The number of halogens is 2. The van der Waals surface area contributed by atoms with Crippen LogP contribution in [-0.4, -0.2) is 34.2 Å². The Hall–Kier alpha value is -1.32. The molecule has 26 heavy (non-hydrogen) atoms. The zero-order valence-corrected chi connectivity index (χ0v) is 17.3. The summed E-state index contributed by atoms with van der Waals surface area (Å²) in [5.74, 6) is 0. The molecule has 0 aliphatic carbocycles. The van der Waals surface area contributed by atoms with Crippen LogP contribution in [0.5, 0.6) is 0 Å². The number of anilines is 1. The molecule has 0 aliphatic heterocycles. The molecule has 0 fully saturated rings. The first-order valence-corrected chi connectivity index (χ1v) is 11.4. The average Bonchev–Trinajstić information content (AvgIpc) is 2.59. The number of nitrogens with one attached hydrogen (secondary N) is 1. The standard InChI is InChI=1S/C16H18Cl2N2O4S2/c1-3-20(4-2)26(23,24)14-8-6-13(7-9-14)25(21,22)19-16-11-12(17)5-10-15(16)18/h5-11,19H,3-4H2,1-2H3. The van der Waals surface area contributed by atoms with Crippen LogP contribution in [-0.2, 0) is 20.0 Å². The summed E-state index contributed by atoms with van der Waals surface area (Å²) in [4.78, 5) is -0.0621. The lowest BCUT2D eigenvalue weighted by Gasteiger charge is -2.18. The molecule has 1 N–H and O–H groups in total. The summed E-state index contributed by atoms with van der Waals surface area (Å²) in [7, 11) is -7.60. The third-order valence-electron chi connectivity index (χ3n) is 3.65. The third kappa shape index (κ3) is 4.50. The maximum atomic E-state index is 12.5. The Morgan fingerprint density at radius 2 is 1.42 bits per heavy atom. The molecule has 0 bridgehead atoms. The second kappa shape index (κ2) is 8.14. The van der Waals surface area contributed by atoms with E-state index in [1.165, 1.54) is 46.8 Å². The fourth-order valence-corrected chi connectivity index (χ4v) is 5.20. The van der Waals surface area contributed by atoms with Crippen LogP contribution >= 0.6 is 23.2 Å². The van der Waals surface area contributed by atoms with E-state index in [1.54, 1.807) is 13.8 Å². The topological polar surface area (TPSA) is 83.6 Å². The molecule has 0 saturated heterocycles. The molecule has 10 heteroatoms. The average molecular weight is 437 g/mol. The molecule has 6 nitrogen and oxygen atoms in total. The van der Waals surface area contributed by atoms with Crippen LogP contribution in [0.25, 0.3) is 0 Å². The van der Waals surface area contributed by atoms with E-state index in [0.29, 0.717) is 18.1 Å². The molecular formula is C16H18Cl2N2O4S2. The fourth-order valence-electron chi connectivity index (χ4n) is 2.28. The Kier molecular flexibility index (Phi) is 6.57. The van der Waals surface area contributed by atoms with Gasteiger partial charge in [-0.15, -0.1) is 0 Å². The van der Waals surface area contributed by atoms with E-state index in [2.05, 4.69) is 4.72 Å². The van der Waals surface area contributed by atoms with Gasteiger partial charge in [-0.2, -0.15) is 4.31 Å². The fraction of sp³-hybridized carbons (Fsp3) is 0.250. The molecule has 2 rings (SSSR count). The highest BCUT2D eigenvalue weighted by Gasteiger charge is 2.23. The van der Waals surface area contributed by atoms with Gasteiger partial charge in [0.15, 0.2) is 0 Å². The van der Waals surface area contributed by atoms with Crippen molar-refractivity contribution >= 4 is 48.9 Å². The van der Waals surface area contributed by atoms with E-state index in [1.807, 2.05) is 0 Å². The summed E-state index contributed by atoms with van der Waals surface area (Å²) in [5.41, 5.74) is 0.138. The summed E-state index contributed by atoms with van der Waals surface area (Å²) < 4.78 is 53.5. The molecule has 2 aromatic rings. The molecule has 0 amide bonds. The van der Waals surface area contributed by atoms with Gasteiger partial charge in [0.1, 0.15) is 0 Å². The van der Waals surface area contributed by atoms with Gasteiger partial charge in [-0.3, -0.25) is 4.72 Å². The van der Waals surface area contributed by atoms with Crippen molar-refractivity contribution in [3.63, 3.8) is 0 Å². The van der Waals surface area contributed by atoms with E-state index < -0.39 is 20.0 Å². The minimum absolute atomic E-state index is 0.0286. The number of sulfonamides is 2. The zero-order chi connectivity index (χ0) is 19.5. The highest BCUT2D eigenvalue weighted by molar-refractivity contribution is 7.92. The molecule has 0 atom stereocenters. The van der Waals surface area contributed by atoms with Crippen LogP contribution in [0.3, 0.4) is 0 Å². The van der Waals surface area contributed by atoms with E-state index in [0.717, 1.165) is 0 Å². The predicted octanol–water partition coefficient (Wildman–Crippen LogP) is 3.82. The molecule has 0 unspecified atom stereocenters. The molecule has 0 heterocycles. The quantitative estimate of drug-likeness (QED) is 0.714. The number of hydrogen-bond acceptors (Lipinski definition) is 4. The van der Waals surface area contributed by atoms with Crippen LogP contribution in [0.1, 0.15) is 13.8 Å². The number of benzene rings is 2. The second-order valence-electron chi connectivity index (χ2n) is 5.29. The van der Waals surface area contributed by atoms with E-state index in [4.69, 9.17) is 23.2 Å². The highest BCUT2D eigenvalue weighted by atomic mass is 35.5. The van der Waals surface area contributed by atoms with Crippen LogP contribution in [0.15, 0.2) is 52.3 Å². The van der Waals surface area contributed by atoms with Crippen LogP contribution in [0, 0.1) is 0 Å². The minimum atomic E-state index is -3.95. The van der Waals surface area contributed by atoms with Crippen LogP contribution in [0.2, 0.25) is 10.0 Å². The highest BCUT2D eigenvalue weighted by Crippen LogP contribution is 2.28. The minimum Gasteiger partial charge on any atom is -0.278 e. The molecule has 142 valence electrons. The maximum absolute atomic E-state index is 12.5. The first-order valence-electron chi connectivity index (χ1n) is 7.70. The van der Waals surface area contributed by atoms with Crippen molar-refractivity contribution in [2.75, 3.05) is 17.8 Å². The predicted molar refractivity (Wildman–Crippen MR) is 104 cm³/mol. The van der Waals surface area contributed by atoms with Crippen LogP contribution in [0.4, 0.5) is 5.69 Å². The van der Waals surface area contributed by atoms with Gasteiger partial charge in [0.25, 0.3) is 10.0 Å². The van der Waals surface area contributed by atoms with Crippen molar-refractivity contribution < 1.29 is 16.8 Å². The SMILES string of the molecule is CCN(CC)S(=O)(=O)c1ccc(S(=O)(=O)Nc2cc(Cl)ccc2Cl)cc1.